The highest BCUT2D eigenvalue weighted by atomic mass is 16.4. The highest BCUT2D eigenvalue weighted by Gasteiger charge is 2.27. The predicted molar refractivity (Wildman–Crippen MR) is 89.4 cm³/mol. The van der Waals surface area contributed by atoms with Crippen molar-refractivity contribution >= 4 is 6.01 Å². The second kappa shape index (κ2) is 7.59. The first-order valence-electron chi connectivity index (χ1n) is 8.55. The zero-order chi connectivity index (χ0) is 16.1. The van der Waals surface area contributed by atoms with Crippen LogP contribution in [0.15, 0.2) is 34.7 Å². The first-order chi connectivity index (χ1) is 11.3. The maximum atomic E-state index is 10.5. The van der Waals surface area contributed by atoms with Crippen LogP contribution in [0, 0.1) is 5.92 Å². The van der Waals surface area contributed by atoms with Gasteiger partial charge in [-0.15, -0.1) is 5.10 Å². The number of aryl methyl sites for hydroxylation is 1. The van der Waals surface area contributed by atoms with Crippen molar-refractivity contribution in [2.45, 2.75) is 45.1 Å². The molecule has 0 bridgehead atoms. The molecule has 0 unspecified atom stereocenters. The number of hydrogen-bond acceptors (Lipinski definition) is 5. The Morgan fingerprint density at radius 1 is 1.22 bits per heavy atom. The lowest BCUT2D eigenvalue weighted by Gasteiger charge is -2.33. The summed E-state index contributed by atoms with van der Waals surface area (Å²) in [5, 5.41) is 18.7. The first kappa shape index (κ1) is 16.0. The van der Waals surface area contributed by atoms with Crippen molar-refractivity contribution in [3.05, 3.63) is 41.8 Å². The molecule has 0 radical (unpaired) electrons. The summed E-state index contributed by atoms with van der Waals surface area (Å²) in [6.07, 6.45) is 4.21. The number of aromatic nitrogens is 2. The molecular weight excluding hydrogens is 290 g/mol. The lowest BCUT2D eigenvalue weighted by Crippen LogP contribution is -2.38. The second-order valence-corrected chi connectivity index (χ2v) is 6.31. The van der Waals surface area contributed by atoms with Crippen LogP contribution in [0.2, 0.25) is 0 Å². The zero-order valence-corrected chi connectivity index (χ0v) is 13.7. The summed E-state index contributed by atoms with van der Waals surface area (Å²) in [6, 6.07) is 10.8. The molecule has 3 rings (SSSR count). The van der Waals surface area contributed by atoms with Gasteiger partial charge in [0.1, 0.15) is 0 Å². The van der Waals surface area contributed by atoms with Crippen LogP contribution in [-0.4, -0.2) is 34.5 Å². The van der Waals surface area contributed by atoms with E-state index in [0.29, 0.717) is 17.8 Å². The fourth-order valence-corrected chi connectivity index (χ4v) is 3.19. The highest BCUT2D eigenvalue weighted by Crippen LogP contribution is 2.26. The summed E-state index contributed by atoms with van der Waals surface area (Å²) in [6.45, 7) is 3.83. The van der Waals surface area contributed by atoms with Gasteiger partial charge in [-0.05, 0) is 37.2 Å². The van der Waals surface area contributed by atoms with Crippen LogP contribution in [0.1, 0.15) is 37.6 Å². The molecule has 1 aromatic carbocycles. The maximum Gasteiger partial charge on any atom is 0.318 e. The zero-order valence-electron chi connectivity index (χ0n) is 13.7. The molecule has 1 fully saturated rings. The van der Waals surface area contributed by atoms with Gasteiger partial charge in [0, 0.05) is 19.5 Å². The molecule has 0 spiro atoms. The molecule has 2 heterocycles. The van der Waals surface area contributed by atoms with Crippen molar-refractivity contribution in [2.75, 3.05) is 18.0 Å². The number of rotatable bonds is 6. The third kappa shape index (κ3) is 4.10. The van der Waals surface area contributed by atoms with Gasteiger partial charge in [-0.25, -0.2) is 0 Å². The van der Waals surface area contributed by atoms with E-state index in [0.717, 1.165) is 45.2 Å². The van der Waals surface area contributed by atoms with Crippen molar-refractivity contribution in [3.8, 4) is 0 Å². The number of anilines is 1. The summed E-state index contributed by atoms with van der Waals surface area (Å²) < 4.78 is 5.70. The van der Waals surface area contributed by atoms with Crippen LogP contribution in [0.25, 0.3) is 0 Å². The number of aliphatic hydroxyl groups excluding tert-OH is 1. The molecule has 1 atom stereocenters. The fraction of sp³-hybridized carbons (Fsp3) is 0.556. The average molecular weight is 315 g/mol. The van der Waals surface area contributed by atoms with Crippen LogP contribution in [0.5, 0.6) is 0 Å². The summed E-state index contributed by atoms with van der Waals surface area (Å²) in [5.41, 5.74) is 1.20. The highest BCUT2D eigenvalue weighted by molar-refractivity contribution is 5.25. The summed E-state index contributed by atoms with van der Waals surface area (Å²) in [7, 11) is 0. The van der Waals surface area contributed by atoms with Crippen molar-refractivity contribution in [1.29, 1.82) is 0 Å². The van der Waals surface area contributed by atoms with E-state index in [1.807, 2.05) is 18.2 Å². The third-order valence-corrected chi connectivity index (χ3v) is 4.56. The van der Waals surface area contributed by atoms with Crippen LogP contribution >= 0.6 is 0 Å². The van der Waals surface area contributed by atoms with E-state index in [1.165, 1.54) is 5.56 Å². The Kier molecular flexibility index (Phi) is 5.28. The van der Waals surface area contributed by atoms with Gasteiger partial charge in [0.2, 0.25) is 5.89 Å². The largest absolute Gasteiger partial charge is 0.408 e. The predicted octanol–water partition coefficient (Wildman–Crippen LogP) is 2.84. The van der Waals surface area contributed by atoms with Crippen LogP contribution in [0.3, 0.4) is 0 Å². The van der Waals surface area contributed by atoms with Crippen molar-refractivity contribution in [3.63, 3.8) is 0 Å². The van der Waals surface area contributed by atoms with Gasteiger partial charge in [-0.3, -0.25) is 0 Å². The summed E-state index contributed by atoms with van der Waals surface area (Å²) >= 11 is 0. The number of hydrogen-bond donors (Lipinski definition) is 1. The maximum absolute atomic E-state index is 10.5. The number of piperidine rings is 1. The van der Waals surface area contributed by atoms with Crippen molar-refractivity contribution in [1.82, 2.24) is 10.2 Å². The minimum atomic E-state index is -0.280. The quantitative estimate of drug-likeness (QED) is 0.888. The normalized spacial score (nSPS) is 17.4. The molecule has 2 aromatic rings. The summed E-state index contributed by atoms with van der Waals surface area (Å²) in [5.74, 6) is 1.05. The molecule has 1 aliphatic rings. The van der Waals surface area contributed by atoms with Crippen LogP contribution < -0.4 is 4.90 Å². The van der Waals surface area contributed by atoms with Gasteiger partial charge in [0.25, 0.3) is 0 Å². The van der Waals surface area contributed by atoms with Gasteiger partial charge in [-0.1, -0.05) is 42.4 Å². The summed E-state index contributed by atoms with van der Waals surface area (Å²) in [4.78, 5) is 2.14. The minimum absolute atomic E-state index is 0.280. The Morgan fingerprint density at radius 2 is 1.96 bits per heavy atom. The molecule has 124 valence electrons. The van der Waals surface area contributed by atoms with E-state index < -0.39 is 0 Å². The SMILES string of the molecule is CCCc1nnc(N2CCC([C@@H](O)Cc3ccccc3)CC2)o1. The number of aliphatic hydroxyl groups is 1. The number of nitrogens with zero attached hydrogens (tertiary/aromatic N) is 3. The first-order valence-corrected chi connectivity index (χ1v) is 8.55. The molecule has 5 heteroatoms. The van der Waals surface area contributed by atoms with E-state index in [9.17, 15) is 5.11 Å². The lowest BCUT2D eigenvalue weighted by atomic mass is 9.88. The molecule has 0 amide bonds. The van der Waals surface area contributed by atoms with E-state index in [2.05, 4.69) is 34.2 Å². The van der Waals surface area contributed by atoms with Crippen LogP contribution in [-0.2, 0) is 12.8 Å². The average Bonchev–Trinajstić information content (AvgIpc) is 3.05. The Balaban J connectivity index is 1.51. The molecule has 23 heavy (non-hydrogen) atoms. The fourth-order valence-electron chi connectivity index (χ4n) is 3.19. The molecule has 1 aromatic heterocycles. The van der Waals surface area contributed by atoms with E-state index >= 15 is 0 Å². The molecule has 0 saturated carbocycles. The molecule has 1 N–H and O–H groups in total. The number of benzene rings is 1. The molecule has 1 aliphatic heterocycles. The molecule has 5 nitrogen and oxygen atoms in total. The van der Waals surface area contributed by atoms with E-state index in [1.54, 1.807) is 0 Å². The molecular formula is C18H25N3O2. The van der Waals surface area contributed by atoms with Crippen molar-refractivity contribution in [2.24, 2.45) is 5.92 Å². The van der Waals surface area contributed by atoms with Gasteiger partial charge >= 0.3 is 6.01 Å². The van der Waals surface area contributed by atoms with Crippen molar-refractivity contribution < 1.29 is 9.52 Å². The topological polar surface area (TPSA) is 62.4 Å². The molecule has 1 saturated heterocycles. The minimum Gasteiger partial charge on any atom is -0.408 e. The van der Waals surface area contributed by atoms with Crippen LogP contribution in [0.4, 0.5) is 6.01 Å². The van der Waals surface area contributed by atoms with Gasteiger partial charge in [0.15, 0.2) is 0 Å². The smallest absolute Gasteiger partial charge is 0.318 e. The Bertz CT molecular complexity index is 591. The Hall–Kier alpha value is -1.88. The van der Waals surface area contributed by atoms with E-state index in [4.69, 9.17) is 4.42 Å². The third-order valence-electron chi connectivity index (χ3n) is 4.56. The monoisotopic (exact) mass is 315 g/mol. The van der Waals surface area contributed by atoms with E-state index in [-0.39, 0.29) is 6.10 Å². The Morgan fingerprint density at radius 3 is 2.65 bits per heavy atom. The van der Waals surface area contributed by atoms with Gasteiger partial charge < -0.3 is 14.4 Å². The van der Waals surface area contributed by atoms with Gasteiger partial charge in [0.05, 0.1) is 6.10 Å². The van der Waals surface area contributed by atoms with Gasteiger partial charge in [-0.2, -0.15) is 0 Å². The lowest BCUT2D eigenvalue weighted by molar-refractivity contribution is 0.0923. The molecule has 0 aliphatic carbocycles. The second-order valence-electron chi connectivity index (χ2n) is 6.31. The standard InChI is InChI=1S/C18H25N3O2/c1-2-6-17-19-20-18(23-17)21-11-9-15(10-12-21)16(22)13-14-7-4-3-5-8-14/h3-5,7-8,15-16,22H,2,6,9-13H2,1H3/t16-/m0/s1. The Labute approximate surface area is 137 Å².